The Morgan fingerprint density at radius 2 is 1.77 bits per heavy atom. The summed E-state index contributed by atoms with van der Waals surface area (Å²) >= 11 is 3.39. The van der Waals surface area contributed by atoms with Gasteiger partial charge < -0.3 is 5.32 Å². The minimum Gasteiger partial charge on any atom is -0.323 e. The topological polar surface area (TPSA) is 29.1 Å². The number of nitrogens with one attached hydrogen (secondary N) is 1. The van der Waals surface area contributed by atoms with E-state index in [1.807, 2.05) is 36.4 Å². The molecule has 1 amide bonds. The van der Waals surface area contributed by atoms with Crippen LogP contribution in [0.3, 0.4) is 0 Å². The lowest BCUT2D eigenvalue weighted by Gasteiger charge is -2.04. The summed E-state index contributed by atoms with van der Waals surface area (Å²) in [4.78, 5) is 11.9. The van der Waals surface area contributed by atoms with E-state index in [9.17, 15) is 4.79 Å². The number of benzene rings is 2. The van der Waals surface area contributed by atoms with E-state index in [1.54, 1.807) is 12.2 Å². The van der Waals surface area contributed by atoms with Crippen molar-refractivity contribution in [3.63, 3.8) is 0 Å². The van der Waals surface area contributed by atoms with Crippen LogP contribution in [0.5, 0.6) is 0 Å². The smallest absolute Gasteiger partial charge is 0.248 e. The Balaban J connectivity index is 1.89. The number of carbonyl (C=O) groups excluding carboxylic acids is 1. The number of unbranched alkanes of at least 4 members (excludes halogenated alkanes) is 1. The molecule has 0 heterocycles. The summed E-state index contributed by atoms with van der Waals surface area (Å²) in [6, 6.07) is 15.9. The molecule has 1 N–H and O–H groups in total. The van der Waals surface area contributed by atoms with Crippen molar-refractivity contribution in [3.05, 3.63) is 70.2 Å². The van der Waals surface area contributed by atoms with Gasteiger partial charge in [0.2, 0.25) is 5.91 Å². The van der Waals surface area contributed by atoms with Gasteiger partial charge in [-0.25, -0.2) is 0 Å². The second-order valence-corrected chi connectivity index (χ2v) is 6.09. The lowest BCUT2D eigenvalue weighted by atomic mass is 10.1. The predicted molar refractivity (Wildman–Crippen MR) is 96.9 cm³/mol. The Bertz CT molecular complexity index is 629. The predicted octanol–water partition coefficient (Wildman–Crippen LogP) is 5.44. The first-order valence-electron chi connectivity index (χ1n) is 7.51. The normalized spacial score (nSPS) is 10.8. The summed E-state index contributed by atoms with van der Waals surface area (Å²) in [6.07, 6.45) is 6.83. The summed E-state index contributed by atoms with van der Waals surface area (Å²) in [7, 11) is 0. The molecule has 0 spiro atoms. The molecule has 0 saturated heterocycles. The standard InChI is InChI=1S/C19H20BrNO/c1-2-3-4-15-7-12-18(13-8-15)21-19(22)14-9-16-5-10-17(20)11-6-16/h5-14H,2-4H2,1H3,(H,21,22). The van der Waals surface area contributed by atoms with Gasteiger partial charge in [0.1, 0.15) is 0 Å². The van der Waals surface area contributed by atoms with Gasteiger partial charge in [0, 0.05) is 16.2 Å². The van der Waals surface area contributed by atoms with Gasteiger partial charge in [-0.3, -0.25) is 4.79 Å². The quantitative estimate of drug-likeness (QED) is 0.684. The maximum atomic E-state index is 11.9. The van der Waals surface area contributed by atoms with Gasteiger partial charge in [0.15, 0.2) is 0 Å². The maximum absolute atomic E-state index is 11.9. The lowest BCUT2D eigenvalue weighted by molar-refractivity contribution is -0.111. The van der Waals surface area contributed by atoms with E-state index in [0.717, 1.165) is 22.1 Å². The molecule has 0 fully saturated rings. The first kappa shape index (κ1) is 16.5. The molecule has 2 aromatic carbocycles. The van der Waals surface area contributed by atoms with Gasteiger partial charge in [-0.2, -0.15) is 0 Å². The highest BCUT2D eigenvalue weighted by molar-refractivity contribution is 9.10. The van der Waals surface area contributed by atoms with Crippen LogP contribution in [0.1, 0.15) is 30.9 Å². The zero-order valence-corrected chi connectivity index (χ0v) is 14.3. The van der Waals surface area contributed by atoms with Crippen molar-refractivity contribution in [2.24, 2.45) is 0 Å². The lowest BCUT2D eigenvalue weighted by Crippen LogP contribution is -2.07. The third kappa shape index (κ3) is 5.49. The van der Waals surface area contributed by atoms with Crippen LogP contribution >= 0.6 is 15.9 Å². The fraction of sp³-hybridized carbons (Fsp3) is 0.211. The van der Waals surface area contributed by atoms with Crippen LogP contribution in [0, 0.1) is 0 Å². The van der Waals surface area contributed by atoms with Crippen LogP contribution in [-0.4, -0.2) is 5.91 Å². The van der Waals surface area contributed by atoms with E-state index in [1.165, 1.54) is 18.4 Å². The monoisotopic (exact) mass is 357 g/mol. The number of aryl methyl sites for hydroxylation is 1. The molecule has 2 aromatic rings. The molecule has 0 aliphatic rings. The minimum atomic E-state index is -0.121. The molecular formula is C19H20BrNO. The van der Waals surface area contributed by atoms with E-state index in [0.29, 0.717) is 0 Å². The molecule has 0 saturated carbocycles. The van der Waals surface area contributed by atoms with E-state index >= 15 is 0 Å². The molecule has 0 bridgehead atoms. The Hall–Kier alpha value is -1.87. The fourth-order valence-electron chi connectivity index (χ4n) is 2.07. The van der Waals surface area contributed by atoms with Crippen molar-refractivity contribution in [2.45, 2.75) is 26.2 Å². The first-order chi connectivity index (χ1) is 10.7. The molecule has 0 radical (unpaired) electrons. The zero-order chi connectivity index (χ0) is 15.8. The summed E-state index contributed by atoms with van der Waals surface area (Å²) in [5.41, 5.74) is 3.13. The van der Waals surface area contributed by atoms with Gasteiger partial charge in [-0.15, -0.1) is 0 Å². The van der Waals surface area contributed by atoms with Crippen molar-refractivity contribution in [1.82, 2.24) is 0 Å². The van der Waals surface area contributed by atoms with Gasteiger partial charge in [0.05, 0.1) is 0 Å². The summed E-state index contributed by atoms with van der Waals surface area (Å²) in [6.45, 7) is 2.19. The van der Waals surface area contributed by atoms with Crippen molar-refractivity contribution in [3.8, 4) is 0 Å². The largest absolute Gasteiger partial charge is 0.323 e. The molecule has 0 aliphatic heterocycles. The molecular weight excluding hydrogens is 338 g/mol. The van der Waals surface area contributed by atoms with Crippen molar-refractivity contribution >= 4 is 33.6 Å². The van der Waals surface area contributed by atoms with Gasteiger partial charge in [-0.1, -0.05) is 53.5 Å². The van der Waals surface area contributed by atoms with Gasteiger partial charge >= 0.3 is 0 Å². The number of carbonyl (C=O) groups is 1. The molecule has 2 rings (SSSR count). The molecule has 0 unspecified atom stereocenters. The number of amides is 1. The third-order valence-electron chi connectivity index (χ3n) is 3.34. The Morgan fingerprint density at radius 1 is 1.09 bits per heavy atom. The highest BCUT2D eigenvalue weighted by atomic mass is 79.9. The number of rotatable bonds is 6. The van der Waals surface area contributed by atoms with Gasteiger partial charge in [-0.05, 0) is 54.3 Å². The maximum Gasteiger partial charge on any atom is 0.248 e. The van der Waals surface area contributed by atoms with E-state index in [2.05, 4.69) is 40.3 Å². The zero-order valence-electron chi connectivity index (χ0n) is 12.7. The van der Waals surface area contributed by atoms with E-state index < -0.39 is 0 Å². The molecule has 0 aromatic heterocycles. The Kier molecular flexibility index (Phi) is 6.41. The van der Waals surface area contributed by atoms with Crippen LogP contribution in [-0.2, 0) is 11.2 Å². The summed E-state index contributed by atoms with van der Waals surface area (Å²) < 4.78 is 1.03. The Labute approximate surface area is 140 Å². The number of halogens is 1. The average Bonchev–Trinajstić information content (AvgIpc) is 2.54. The highest BCUT2D eigenvalue weighted by Crippen LogP contribution is 2.13. The molecule has 22 heavy (non-hydrogen) atoms. The van der Waals surface area contributed by atoms with Crippen LogP contribution < -0.4 is 5.32 Å². The second-order valence-electron chi connectivity index (χ2n) is 5.17. The molecule has 3 heteroatoms. The molecule has 0 atom stereocenters. The summed E-state index contributed by atoms with van der Waals surface area (Å²) in [5, 5.41) is 2.87. The fourth-order valence-corrected chi connectivity index (χ4v) is 2.33. The van der Waals surface area contributed by atoms with Crippen LogP contribution in [0.2, 0.25) is 0 Å². The van der Waals surface area contributed by atoms with Crippen LogP contribution in [0.4, 0.5) is 5.69 Å². The molecule has 114 valence electrons. The minimum absolute atomic E-state index is 0.121. The number of anilines is 1. The van der Waals surface area contributed by atoms with Crippen LogP contribution in [0.25, 0.3) is 6.08 Å². The SMILES string of the molecule is CCCCc1ccc(NC(=O)C=Cc2ccc(Br)cc2)cc1. The molecule has 0 aliphatic carbocycles. The number of hydrogen-bond donors (Lipinski definition) is 1. The third-order valence-corrected chi connectivity index (χ3v) is 3.87. The van der Waals surface area contributed by atoms with E-state index in [4.69, 9.17) is 0 Å². The summed E-state index contributed by atoms with van der Waals surface area (Å²) in [5.74, 6) is -0.121. The number of hydrogen-bond acceptors (Lipinski definition) is 1. The average molecular weight is 358 g/mol. The first-order valence-corrected chi connectivity index (χ1v) is 8.30. The van der Waals surface area contributed by atoms with Crippen molar-refractivity contribution in [1.29, 1.82) is 0 Å². The van der Waals surface area contributed by atoms with Crippen molar-refractivity contribution < 1.29 is 4.79 Å². The van der Waals surface area contributed by atoms with Crippen molar-refractivity contribution in [2.75, 3.05) is 5.32 Å². The second kappa shape index (κ2) is 8.54. The van der Waals surface area contributed by atoms with E-state index in [-0.39, 0.29) is 5.91 Å². The molecule has 2 nitrogen and oxygen atoms in total. The Morgan fingerprint density at radius 3 is 2.41 bits per heavy atom. The van der Waals surface area contributed by atoms with Gasteiger partial charge in [0.25, 0.3) is 0 Å². The van der Waals surface area contributed by atoms with Crippen LogP contribution in [0.15, 0.2) is 59.1 Å². The highest BCUT2D eigenvalue weighted by Gasteiger charge is 1.99.